The monoisotopic (exact) mass is 300 g/mol. The minimum absolute atomic E-state index is 0.350. The van der Waals surface area contributed by atoms with Gasteiger partial charge in [-0.15, -0.1) is 0 Å². The molecule has 0 saturated carbocycles. The second-order valence-corrected chi connectivity index (χ2v) is 3.53. The molecule has 0 aliphatic carbocycles. The number of alkyl halides is 1. The number of rotatable bonds is 3. The summed E-state index contributed by atoms with van der Waals surface area (Å²) in [6, 6.07) is 0. The average molecular weight is 301 g/mol. The van der Waals surface area contributed by atoms with Crippen molar-refractivity contribution in [3.05, 3.63) is 46.8 Å². The minimum atomic E-state index is -2.14. The maximum Gasteiger partial charge on any atom is 0.200 e. The summed E-state index contributed by atoms with van der Waals surface area (Å²) in [6.45, 7) is 0. The molecule has 1 rings (SSSR count). The van der Waals surface area contributed by atoms with Crippen molar-refractivity contribution >= 4 is 15.9 Å². The van der Waals surface area contributed by atoms with Crippen molar-refractivity contribution in [2.24, 2.45) is 0 Å². The Morgan fingerprint density at radius 1 is 0.750 bits per heavy atom. The summed E-state index contributed by atoms with van der Waals surface area (Å²) in [4.78, 5) is 0. The summed E-state index contributed by atoms with van der Waals surface area (Å²) in [5.41, 5.74) is -0.825. The van der Waals surface area contributed by atoms with Crippen LogP contribution in [0.2, 0.25) is 0 Å². The first kappa shape index (κ1) is 13.2. The van der Waals surface area contributed by atoms with Gasteiger partial charge in [0.1, 0.15) is 0 Å². The number of hydrogen-bond donors (Lipinski definition) is 0. The van der Waals surface area contributed by atoms with E-state index in [0.29, 0.717) is 5.33 Å². The van der Waals surface area contributed by atoms with Gasteiger partial charge in [-0.2, -0.15) is 0 Å². The summed E-state index contributed by atoms with van der Waals surface area (Å²) in [6.07, 6.45) is 2.46. The van der Waals surface area contributed by atoms with Gasteiger partial charge in [0.2, 0.25) is 5.82 Å². The summed E-state index contributed by atoms with van der Waals surface area (Å²) in [7, 11) is 0. The Morgan fingerprint density at radius 2 is 1.19 bits per heavy atom. The molecule has 6 heteroatoms. The number of hydrogen-bond acceptors (Lipinski definition) is 0. The maximum absolute atomic E-state index is 13.1. The first-order valence-electron chi connectivity index (χ1n) is 4.22. The van der Waals surface area contributed by atoms with Gasteiger partial charge in [-0.3, -0.25) is 0 Å². The zero-order valence-electron chi connectivity index (χ0n) is 7.84. The van der Waals surface area contributed by atoms with E-state index in [9.17, 15) is 22.0 Å². The maximum atomic E-state index is 13.1. The van der Waals surface area contributed by atoms with Crippen LogP contribution in [0.1, 0.15) is 5.56 Å². The molecule has 16 heavy (non-hydrogen) atoms. The lowest BCUT2D eigenvalue weighted by atomic mass is 10.1. The molecule has 1 aromatic carbocycles. The van der Waals surface area contributed by atoms with Crippen LogP contribution < -0.4 is 0 Å². The molecule has 0 N–H and O–H groups in total. The van der Waals surface area contributed by atoms with Crippen molar-refractivity contribution in [1.82, 2.24) is 0 Å². The van der Waals surface area contributed by atoms with Crippen molar-refractivity contribution in [2.75, 3.05) is 5.33 Å². The Labute approximate surface area is 96.9 Å². The fourth-order valence-corrected chi connectivity index (χ4v) is 1.36. The van der Waals surface area contributed by atoms with E-state index in [-0.39, 0.29) is 6.42 Å². The zero-order valence-corrected chi connectivity index (χ0v) is 9.42. The highest BCUT2D eigenvalue weighted by Gasteiger charge is 2.24. The lowest BCUT2D eigenvalue weighted by Gasteiger charge is -2.05. The summed E-state index contributed by atoms with van der Waals surface area (Å²) >= 11 is 3.02. The summed E-state index contributed by atoms with van der Waals surface area (Å²) < 4.78 is 64.2. The topological polar surface area (TPSA) is 0 Å². The van der Waals surface area contributed by atoms with Crippen LogP contribution >= 0.6 is 15.9 Å². The van der Waals surface area contributed by atoms with Gasteiger partial charge in [0.15, 0.2) is 23.3 Å². The van der Waals surface area contributed by atoms with Gasteiger partial charge in [0.25, 0.3) is 0 Å². The largest absolute Gasteiger partial charge is 0.203 e. The van der Waals surface area contributed by atoms with Crippen LogP contribution in [0.3, 0.4) is 0 Å². The average Bonchev–Trinajstić information content (AvgIpc) is 2.28. The standard InChI is InChI=1S/C10H6BrF5/c11-4-2-1-3-5-6(12)8(14)10(16)9(15)7(5)13/h1-2H,3-4H2/b2-1+. The molecule has 0 bridgehead atoms. The van der Waals surface area contributed by atoms with Gasteiger partial charge < -0.3 is 0 Å². The fourth-order valence-electron chi connectivity index (χ4n) is 1.09. The lowest BCUT2D eigenvalue weighted by molar-refractivity contribution is 0.371. The van der Waals surface area contributed by atoms with Crippen LogP contribution in [0.15, 0.2) is 12.2 Å². The molecule has 0 aromatic heterocycles. The molecular weight excluding hydrogens is 295 g/mol. The SMILES string of the molecule is Fc1c(F)c(F)c(C/C=C/CBr)c(F)c1F. The Bertz CT molecular complexity index is 399. The van der Waals surface area contributed by atoms with Crippen LogP contribution in [0.4, 0.5) is 22.0 Å². The van der Waals surface area contributed by atoms with E-state index >= 15 is 0 Å². The molecule has 88 valence electrons. The lowest BCUT2D eigenvalue weighted by Crippen LogP contribution is -2.06. The molecule has 0 atom stereocenters. The molecule has 0 spiro atoms. The molecule has 1 aromatic rings. The Balaban J connectivity index is 3.23. The molecule has 0 unspecified atom stereocenters. The highest BCUT2D eigenvalue weighted by molar-refractivity contribution is 9.09. The van der Waals surface area contributed by atoms with E-state index in [1.807, 2.05) is 0 Å². The van der Waals surface area contributed by atoms with Gasteiger partial charge in [-0.1, -0.05) is 28.1 Å². The van der Waals surface area contributed by atoms with E-state index in [0.717, 1.165) is 0 Å². The van der Waals surface area contributed by atoms with E-state index < -0.39 is 34.6 Å². The highest BCUT2D eigenvalue weighted by atomic mass is 79.9. The van der Waals surface area contributed by atoms with Gasteiger partial charge in [0.05, 0.1) is 0 Å². The highest BCUT2D eigenvalue weighted by Crippen LogP contribution is 2.23. The molecule has 0 aliphatic rings. The first-order chi connectivity index (χ1) is 7.50. The smallest absolute Gasteiger partial charge is 0.200 e. The van der Waals surface area contributed by atoms with Gasteiger partial charge in [-0.25, -0.2) is 22.0 Å². The molecule has 0 amide bonds. The number of benzene rings is 1. The van der Waals surface area contributed by atoms with E-state index in [1.54, 1.807) is 0 Å². The minimum Gasteiger partial charge on any atom is -0.203 e. The van der Waals surface area contributed by atoms with Gasteiger partial charge in [0, 0.05) is 10.9 Å². The number of allylic oxidation sites excluding steroid dienone is 2. The van der Waals surface area contributed by atoms with Crippen LogP contribution in [-0.2, 0) is 6.42 Å². The summed E-state index contributed by atoms with van der Waals surface area (Å²) in [5.74, 6) is -9.53. The predicted octanol–water partition coefficient (Wildman–Crippen LogP) is 3.88. The van der Waals surface area contributed by atoms with E-state index in [2.05, 4.69) is 15.9 Å². The molecule has 0 aliphatic heterocycles. The van der Waals surface area contributed by atoms with Crippen molar-refractivity contribution in [1.29, 1.82) is 0 Å². The van der Waals surface area contributed by atoms with Crippen molar-refractivity contribution in [3.63, 3.8) is 0 Å². The second kappa shape index (κ2) is 5.43. The molecule has 0 radical (unpaired) electrons. The van der Waals surface area contributed by atoms with Crippen molar-refractivity contribution in [3.8, 4) is 0 Å². The first-order valence-corrected chi connectivity index (χ1v) is 5.34. The van der Waals surface area contributed by atoms with Gasteiger partial charge >= 0.3 is 0 Å². The Morgan fingerprint density at radius 3 is 1.62 bits per heavy atom. The van der Waals surface area contributed by atoms with Crippen molar-refractivity contribution in [2.45, 2.75) is 6.42 Å². The van der Waals surface area contributed by atoms with E-state index in [1.165, 1.54) is 12.2 Å². The van der Waals surface area contributed by atoms with Crippen molar-refractivity contribution < 1.29 is 22.0 Å². The third-order valence-corrected chi connectivity index (χ3v) is 2.25. The van der Waals surface area contributed by atoms with Crippen LogP contribution in [0.25, 0.3) is 0 Å². The summed E-state index contributed by atoms with van der Waals surface area (Å²) in [5, 5.41) is 0.433. The second-order valence-electron chi connectivity index (χ2n) is 2.88. The normalized spacial score (nSPS) is 11.4. The molecule has 0 saturated heterocycles. The van der Waals surface area contributed by atoms with E-state index in [4.69, 9.17) is 0 Å². The Hall–Kier alpha value is -0.910. The fraction of sp³-hybridized carbons (Fsp3) is 0.200. The molecule has 0 heterocycles. The quantitative estimate of drug-likeness (QED) is 0.261. The van der Waals surface area contributed by atoms with Crippen LogP contribution in [-0.4, -0.2) is 5.33 Å². The zero-order chi connectivity index (χ0) is 12.3. The predicted molar refractivity (Wildman–Crippen MR) is 52.9 cm³/mol. The molecular formula is C10H6BrF5. The van der Waals surface area contributed by atoms with Gasteiger partial charge in [-0.05, 0) is 6.42 Å². The molecule has 0 nitrogen and oxygen atoms in total. The Kier molecular flexibility index (Phi) is 4.46. The van der Waals surface area contributed by atoms with Crippen LogP contribution in [0, 0.1) is 29.1 Å². The van der Waals surface area contributed by atoms with Crippen LogP contribution in [0.5, 0.6) is 0 Å². The number of halogens is 6. The molecule has 0 fully saturated rings. The third-order valence-electron chi connectivity index (χ3n) is 1.88. The third kappa shape index (κ3) is 2.42.